The van der Waals surface area contributed by atoms with Crippen molar-refractivity contribution >= 4 is 29.9 Å². The highest BCUT2D eigenvalue weighted by atomic mass is 127. The normalized spacial score (nSPS) is 10.8. The van der Waals surface area contributed by atoms with Crippen LogP contribution in [-0.2, 0) is 6.54 Å². The summed E-state index contributed by atoms with van der Waals surface area (Å²) in [4.78, 5) is 4.04. The maximum atomic E-state index is 13.8. The van der Waals surface area contributed by atoms with Gasteiger partial charge in [0.25, 0.3) is 0 Å². The Morgan fingerprint density at radius 1 is 0.964 bits per heavy atom. The molecule has 0 radical (unpaired) electrons. The Hall–Kier alpha value is -2.17. The van der Waals surface area contributed by atoms with E-state index >= 15 is 0 Å². The second kappa shape index (κ2) is 12.3. The summed E-state index contributed by atoms with van der Waals surface area (Å²) >= 11 is 0. The molecular weight excluding hydrogens is 486 g/mol. The zero-order valence-corrected chi connectivity index (χ0v) is 17.9. The van der Waals surface area contributed by atoms with Crippen molar-refractivity contribution in [1.82, 2.24) is 10.6 Å². The van der Waals surface area contributed by atoms with Crippen LogP contribution in [0.25, 0.3) is 0 Å². The summed E-state index contributed by atoms with van der Waals surface area (Å²) in [7, 11) is 1.59. The SMILES string of the molecule is CCOc1ccc(CNC(=NC)NCCOc2ccc(F)cc2F)cc1F.I. The van der Waals surface area contributed by atoms with Crippen LogP contribution in [0.4, 0.5) is 13.2 Å². The first-order valence-corrected chi connectivity index (χ1v) is 8.47. The summed E-state index contributed by atoms with van der Waals surface area (Å²) in [6.07, 6.45) is 0. The number of nitrogens with one attached hydrogen (secondary N) is 2. The molecule has 0 aliphatic rings. The number of ether oxygens (including phenoxy) is 2. The Morgan fingerprint density at radius 3 is 2.29 bits per heavy atom. The van der Waals surface area contributed by atoms with Gasteiger partial charge in [0.05, 0.1) is 13.2 Å². The molecule has 0 unspecified atom stereocenters. The van der Waals surface area contributed by atoms with Crippen LogP contribution >= 0.6 is 24.0 Å². The average molecular weight is 509 g/mol. The Labute approximate surface area is 179 Å². The minimum atomic E-state index is -0.755. The monoisotopic (exact) mass is 509 g/mol. The van der Waals surface area contributed by atoms with E-state index in [0.29, 0.717) is 25.7 Å². The van der Waals surface area contributed by atoms with E-state index in [2.05, 4.69) is 15.6 Å². The standard InChI is InChI=1S/C19H22F3N3O2.HI/c1-3-26-17-6-4-13(10-15(17)21)12-25-19(23-2)24-8-9-27-18-7-5-14(20)11-16(18)22;/h4-7,10-11H,3,8-9,12H2,1-2H3,(H2,23,24,25);1H. The van der Waals surface area contributed by atoms with E-state index in [9.17, 15) is 13.2 Å². The molecule has 154 valence electrons. The van der Waals surface area contributed by atoms with Crippen molar-refractivity contribution in [2.75, 3.05) is 26.8 Å². The smallest absolute Gasteiger partial charge is 0.191 e. The fourth-order valence-electron chi connectivity index (χ4n) is 2.26. The molecule has 28 heavy (non-hydrogen) atoms. The van der Waals surface area contributed by atoms with Crippen LogP contribution in [0.15, 0.2) is 41.4 Å². The lowest BCUT2D eigenvalue weighted by Crippen LogP contribution is -2.38. The fourth-order valence-corrected chi connectivity index (χ4v) is 2.26. The van der Waals surface area contributed by atoms with Crippen LogP contribution in [0.3, 0.4) is 0 Å². The largest absolute Gasteiger partial charge is 0.491 e. The van der Waals surface area contributed by atoms with E-state index in [0.717, 1.165) is 17.7 Å². The Morgan fingerprint density at radius 2 is 1.64 bits per heavy atom. The Kier molecular flexibility index (Phi) is 10.5. The molecule has 0 spiro atoms. The molecule has 0 heterocycles. The zero-order chi connectivity index (χ0) is 19.6. The first-order chi connectivity index (χ1) is 13.0. The van der Waals surface area contributed by atoms with E-state index < -0.39 is 17.5 Å². The van der Waals surface area contributed by atoms with Crippen molar-refractivity contribution in [1.29, 1.82) is 0 Å². The molecule has 5 nitrogen and oxygen atoms in total. The van der Waals surface area contributed by atoms with Gasteiger partial charge in [-0.05, 0) is 36.8 Å². The van der Waals surface area contributed by atoms with E-state index in [4.69, 9.17) is 9.47 Å². The van der Waals surface area contributed by atoms with Crippen molar-refractivity contribution in [2.45, 2.75) is 13.5 Å². The number of aliphatic imine (C=N–C) groups is 1. The number of guanidine groups is 1. The number of hydrogen-bond acceptors (Lipinski definition) is 3. The van der Waals surface area contributed by atoms with Crippen LogP contribution in [0.2, 0.25) is 0 Å². The van der Waals surface area contributed by atoms with Crippen LogP contribution in [-0.4, -0.2) is 32.8 Å². The van der Waals surface area contributed by atoms with Gasteiger partial charge < -0.3 is 20.1 Å². The molecule has 0 aromatic heterocycles. The summed E-state index contributed by atoms with van der Waals surface area (Å²) in [5.74, 6) is -1.16. The lowest BCUT2D eigenvalue weighted by atomic mass is 10.2. The molecule has 0 aliphatic carbocycles. The summed E-state index contributed by atoms with van der Waals surface area (Å²) < 4.78 is 50.5. The molecule has 9 heteroatoms. The van der Waals surface area contributed by atoms with Gasteiger partial charge in [-0.2, -0.15) is 0 Å². The lowest BCUT2D eigenvalue weighted by molar-refractivity contribution is 0.304. The van der Waals surface area contributed by atoms with Crippen molar-refractivity contribution in [3.8, 4) is 11.5 Å². The van der Waals surface area contributed by atoms with Gasteiger partial charge in [-0.15, -0.1) is 24.0 Å². The predicted molar refractivity (Wildman–Crippen MR) is 113 cm³/mol. The highest BCUT2D eigenvalue weighted by Gasteiger charge is 2.06. The van der Waals surface area contributed by atoms with E-state index in [1.165, 1.54) is 12.1 Å². The third kappa shape index (κ3) is 7.45. The van der Waals surface area contributed by atoms with Crippen LogP contribution in [0.1, 0.15) is 12.5 Å². The van der Waals surface area contributed by atoms with Crippen LogP contribution < -0.4 is 20.1 Å². The number of rotatable bonds is 8. The molecule has 2 aromatic carbocycles. The maximum Gasteiger partial charge on any atom is 0.191 e. The fraction of sp³-hybridized carbons (Fsp3) is 0.316. The molecule has 0 atom stereocenters. The molecule has 2 aromatic rings. The van der Waals surface area contributed by atoms with Crippen molar-refractivity contribution < 1.29 is 22.6 Å². The summed E-state index contributed by atoms with van der Waals surface area (Å²) in [6, 6.07) is 7.86. The number of nitrogens with zero attached hydrogens (tertiary/aromatic N) is 1. The molecule has 0 saturated heterocycles. The minimum absolute atomic E-state index is 0. The minimum Gasteiger partial charge on any atom is -0.491 e. The van der Waals surface area contributed by atoms with E-state index in [-0.39, 0.29) is 42.1 Å². The van der Waals surface area contributed by atoms with E-state index in [1.54, 1.807) is 26.1 Å². The van der Waals surface area contributed by atoms with Gasteiger partial charge >= 0.3 is 0 Å². The van der Waals surface area contributed by atoms with Crippen molar-refractivity contribution in [3.05, 3.63) is 59.4 Å². The lowest BCUT2D eigenvalue weighted by Gasteiger charge is -2.13. The summed E-state index contributed by atoms with van der Waals surface area (Å²) in [6.45, 7) is 3.04. The van der Waals surface area contributed by atoms with Gasteiger partial charge in [0, 0.05) is 19.7 Å². The molecule has 0 amide bonds. The summed E-state index contributed by atoms with van der Waals surface area (Å²) in [5.41, 5.74) is 0.725. The molecule has 0 saturated carbocycles. The number of hydrogen-bond donors (Lipinski definition) is 2. The Balaban J connectivity index is 0.00000392. The molecule has 0 fully saturated rings. The topological polar surface area (TPSA) is 54.9 Å². The van der Waals surface area contributed by atoms with Crippen molar-refractivity contribution in [3.63, 3.8) is 0 Å². The van der Waals surface area contributed by atoms with Crippen molar-refractivity contribution in [2.24, 2.45) is 4.99 Å². The third-order valence-corrected chi connectivity index (χ3v) is 3.53. The van der Waals surface area contributed by atoms with Gasteiger partial charge in [0.2, 0.25) is 0 Å². The molecule has 0 bridgehead atoms. The van der Waals surface area contributed by atoms with E-state index in [1.807, 2.05) is 0 Å². The highest BCUT2D eigenvalue weighted by molar-refractivity contribution is 14.0. The first kappa shape index (κ1) is 23.9. The molecular formula is C19H23F3IN3O2. The molecule has 0 aliphatic heterocycles. The summed E-state index contributed by atoms with van der Waals surface area (Å²) in [5, 5.41) is 6.02. The van der Waals surface area contributed by atoms with Gasteiger partial charge in [-0.25, -0.2) is 13.2 Å². The van der Waals surface area contributed by atoms with Gasteiger partial charge in [-0.1, -0.05) is 6.07 Å². The zero-order valence-electron chi connectivity index (χ0n) is 15.6. The molecule has 2 rings (SSSR count). The van der Waals surface area contributed by atoms with Crippen LogP contribution in [0, 0.1) is 17.5 Å². The predicted octanol–water partition coefficient (Wildman–Crippen LogP) is 3.86. The van der Waals surface area contributed by atoms with Gasteiger partial charge in [0.15, 0.2) is 29.1 Å². The quantitative estimate of drug-likeness (QED) is 0.246. The average Bonchev–Trinajstić information content (AvgIpc) is 2.64. The Bertz CT molecular complexity index is 791. The van der Waals surface area contributed by atoms with Gasteiger partial charge in [-0.3, -0.25) is 4.99 Å². The third-order valence-electron chi connectivity index (χ3n) is 3.53. The highest BCUT2D eigenvalue weighted by Crippen LogP contribution is 2.18. The molecule has 2 N–H and O–H groups in total. The second-order valence-corrected chi connectivity index (χ2v) is 5.47. The van der Waals surface area contributed by atoms with Gasteiger partial charge in [0.1, 0.15) is 12.4 Å². The number of halogens is 4. The van der Waals surface area contributed by atoms with Crippen LogP contribution in [0.5, 0.6) is 11.5 Å². The second-order valence-electron chi connectivity index (χ2n) is 5.47. The number of benzene rings is 2. The first-order valence-electron chi connectivity index (χ1n) is 8.47. The maximum absolute atomic E-state index is 13.8.